The highest BCUT2D eigenvalue weighted by Crippen LogP contribution is 2.64. The number of hydrogen-bond acceptors (Lipinski definition) is 4. The third-order valence-electron chi connectivity index (χ3n) is 8.02. The van der Waals surface area contributed by atoms with Gasteiger partial charge in [0, 0.05) is 24.7 Å². The fourth-order valence-electron chi connectivity index (χ4n) is 6.83. The van der Waals surface area contributed by atoms with Gasteiger partial charge in [-0.2, -0.15) is 0 Å². The SMILES string of the molecule is CC(=O)OC1C[C@]2(C)C(=O)CC[C@H]2[C@@H]2CC=C3CC(O)CC[C@]3(C)[C@H]12. The van der Waals surface area contributed by atoms with Crippen LogP contribution in [0.25, 0.3) is 0 Å². The summed E-state index contributed by atoms with van der Waals surface area (Å²) in [6.07, 6.45) is 7.67. The van der Waals surface area contributed by atoms with Crippen LogP contribution in [0.2, 0.25) is 0 Å². The second-order valence-corrected chi connectivity index (χ2v) is 9.31. The van der Waals surface area contributed by atoms with Crippen molar-refractivity contribution in [3.05, 3.63) is 11.6 Å². The van der Waals surface area contributed by atoms with Crippen LogP contribution in [0.1, 0.15) is 65.7 Å². The van der Waals surface area contributed by atoms with E-state index in [2.05, 4.69) is 19.9 Å². The van der Waals surface area contributed by atoms with Crippen LogP contribution in [0.15, 0.2) is 11.6 Å². The van der Waals surface area contributed by atoms with Gasteiger partial charge in [0.25, 0.3) is 0 Å². The van der Waals surface area contributed by atoms with Gasteiger partial charge >= 0.3 is 5.97 Å². The zero-order chi connectivity index (χ0) is 18.0. The number of Topliss-reactive ketones (excluding diaryl/α,β-unsaturated/α-hetero) is 1. The molecule has 0 aromatic rings. The van der Waals surface area contributed by atoms with Gasteiger partial charge in [0.1, 0.15) is 11.9 Å². The quantitative estimate of drug-likeness (QED) is 0.584. The lowest BCUT2D eigenvalue weighted by molar-refractivity contribution is -0.173. The van der Waals surface area contributed by atoms with E-state index >= 15 is 0 Å². The number of aliphatic hydroxyl groups is 1. The van der Waals surface area contributed by atoms with E-state index in [-0.39, 0.29) is 34.9 Å². The Morgan fingerprint density at radius 3 is 2.76 bits per heavy atom. The summed E-state index contributed by atoms with van der Waals surface area (Å²) in [7, 11) is 0. The van der Waals surface area contributed by atoms with Crippen molar-refractivity contribution in [2.24, 2.45) is 28.6 Å². The molecule has 0 bridgehead atoms. The molecule has 4 nitrogen and oxygen atoms in total. The Labute approximate surface area is 150 Å². The van der Waals surface area contributed by atoms with Crippen molar-refractivity contribution in [2.45, 2.75) is 77.9 Å². The molecule has 4 heteroatoms. The molecule has 0 heterocycles. The Morgan fingerprint density at radius 1 is 1.28 bits per heavy atom. The first-order chi connectivity index (χ1) is 11.8. The summed E-state index contributed by atoms with van der Waals surface area (Å²) >= 11 is 0. The third kappa shape index (κ3) is 2.43. The first kappa shape index (κ1) is 17.3. The molecule has 0 spiro atoms. The zero-order valence-electron chi connectivity index (χ0n) is 15.6. The molecular formula is C21H30O4. The number of hydrogen-bond donors (Lipinski definition) is 1. The number of fused-ring (bicyclic) bond motifs is 5. The van der Waals surface area contributed by atoms with E-state index in [1.54, 1.807) is 0 Å². The number of allylic oxidation sites excluding steroid dienone is 1. The van der Waals surface area contributed by atoms with Crippen LogP contribution in [-0.2, 0) is 14.3 Å². The van der Waals surface area contributed by atoms with Crippen molar-refractivity contribution in [1.82, 2.24) is 0 Å². The molecule has 0 aliphatic heterocycles. The van der Waals surface area contributed by atoms with Crippen LogP contribution in [0.5, 0.6) is 0 Å². The lowest BCUT2D eigenvalue weighted by Crippen LogP contribution is -2.57. The minimum atomic E-state index is -0.336. The summed E-state index contributed by atoms with van der Waals surface area (Å²) in [5.41, 5.74) is 0.990. The van der Waals surface area contributed by atoms with E-state index in [4.69, 9.17) is 4.74 Å². The van der Waals surface area contributed by atoms with Crippen LogP contribution in [0.3, 0.4) is 0 Å². The molecule has 0 radical (unpaired) electrons. The molecule has 2 unspecified atom stereocenters. The number of ether oxygens (including phenoxy) is 1. The molecule has 3 saturated carbocycles. The number of carbonyl (C=O) groups is 2. The van der Waals surface area contributed by atoms with E-state index < -0.39 is 0 Å². The van der Waals surface area contributed by atoms with Gasteiger partial charge in [-0.3, -0.25) is 9.59 Å². The second-order valence-electron chi connectivity index (χ2n) is 9.31. The average molecular weight is 346 g/mol. The fraction of sp³-hybridized carbons (Fsp3) is 0.810. The molecule has 0 saturated heterocycles. The van der Waals surface area contributed by atoms with Gasteiger partial charge in [-0.15, -0.1) is 0 Å². The molecule has 4 aliphatic rings. The highest BCUT2D eigenvalue weighted by atomic mass is 16.5. The van der Waals surface area contributed by atoms with Crippen molar-refractivity contribution in [3.8, 4) is 0 Å². The molecule has 4 aliphatic carbocycles. The Morgan fingerprint density at radius 2 is 2.04 bits per heavy atom. The van der Waals surface area contributed by atoms with E-state index in [9.17, 15) is 14.7 Å². The standard InChI is InChI=1S/C21H30O4/c1-12(22)25-17-11-21(3)16(6-7-18(21)24)15-5-4-13-10-14(23)8-9-20(13,2)19(15)17/h4,14-17,19,23H,5-11H2,1-3H3/t14?,15-,16-,17?,19-,20-,21-/m0/s1. The summed E-state index contributed by atoms with van der Waals surface area (Å²) in [4.78, 5) is 24.5. The minimum Gasteiger partial charge on any atom is -0.462 e. The van der Waals surface area contributed by atoms with Crippen molar-refractivity contribution in [1.29, 1.82) is 0 Å². The van der Waals surface area contributed by atoms with Crippen LogP contribution in [0, 0.1) is 28.6 Å². The molecule has 0 aromatic carbocycles. The summed E-state index contributed by atoms with van der Waals surface area (Å²) in [5.74, 6) is 1.18. The number of esters is 1. The topological polar surface area (TPSA) is 63.6 Å². The van der Waals surface area contributed by atoms with E-state index in [1.165, 1.54) is 12.5 Å². The smallest absolute Gasteiger partial charge is 0.302 e. The van der Waals surface area contributed by atoms with Crippen LogP contribution in [-0.4, -0.2) is 29.1 Å². The van der Waals surface area contributed by atoms with E-state index in [0.29, 0.717) is 30.5 Å². The predicted molar refractivity (Wildman–Crippen MR) is 93.7 cm³/mol. The van der Waals surface area contributed by atoms with Crippen LogP contribution < -0.4 is 0 Å². The minimum absolute atomic E-state index is 0.0186. The van der Waals surface area contributed by atoms with Crippen molar-refractivity contribution >= 4 is 11.8 Å². The highest BCUT2D eigenvalue weighted by Gasteiger charge is 2.62. The van der Waals surface area contributed by atoms with Gasteiger partial charge in [0.15, 0.2) is 0 Å². The number of rotatable bonds is 1. The maximum atomic E-state index is 12.7. The van der Waals surface area contributed by atoms with Crippen molar-refractivity contribution in [3.63, 3.8) is 0 Å². The molecule has 7 atom stereocenters. The highest BCUT2D eigenvalue weighted by molar-refractivity contribution is 5.87. The largest absolute Gasteiger partial charge is 0.462 e. The Balaban J connectivity index is 1.77. The Bertz CT molecular complexity index is 638. The summed E-state index contributed by atoms with van der Waals surface area (Å²) in [5, 5.41) is 10.1. The predicted octanol–water partition coefficient (Wildman–Crippen LogP) is 3.42. The zero-order valence-corrected chi connectivity index (χ0v) is 15.6. The van der Waals surface area contributed by atoms with Crippen molar-refractivity contribution in [2.75, 3.05) is 0 Å². The average Bonchev–Trinajstić information content (AvgIpc) is 2.82. The van der Waals surface area contributed by atoms with Gasteiger partial charge < -0.3 is 9.84 Å². The molecule has 0 amide bonds. The Hall–Kier alpha value is -1.16. The van der Waals surface area contributed by atoms with E-state index in [0.717, 1.165) is 32.1 Å². The molecule has 3 fully saturated rings. The lowest BCUT2D eigenvalue weighted by Gasteiger charge is -2.58. The molecule has 25 heavy (non-hydrogen) atoms. The van der Waals surface area contributed by atoms with Crippen molar-refractivity contribution < 1.29 is 19.4 Å². The van der Waals surface area contributed by atoms with Gasteiger partial charge in [0.05, 0.1) is 6.10 Å². The van der Waals surface area contributed by atoms with Crippen LogP contribution >= 0.6 is 0 Å². The molecular weight excluding hydrogens is 316 g/mol. The maximum absolute atomic E-state index is 12.7. The van der Waals surface area contributed by atoms with Gasteiger partial charge in [-0.1, -0.05) is 25.5 Å². The monoisotopic (exact) mass is 346 g/mol. The summed E-state index contributed by atoms with van der Waals surface area (Å²) in [6, 6.07) is 0. The summed E-state index contributed by atoms with van der Waals surface area (Å²) < 4.78 is 5.84. The third-order valence-corrected chi connectivity index (χ3v) is 8.02. The number of ketones is 1. The first-order valence-electron chi connectivity index (χ1n) is 9.84. The van der Waals surface area contributed by atoms with Gasteiger partial charge in [0.2, 0.25) is 0 Å². The number of aliphatic hydroxyl groups excluding tert-OH is 1. The second kappa shape index (κ2) is 5.67. The lowest BCUT2D eigenvalue weighted by atomic mass is 9.47. The van der Waals surface area contributed by atoms with E-state index in [1.807, 2.05) is 0 Å². The molecule has 138 valence electrons. The van der Waals surface area contributed by atoms with Crippen LogP contribution in [0.4, 0.5) is 0 Å². The fourth-order valence-corrected chi connectivity index (χ4v) is 6.83. The number of carbonyl (C=O) groups excluding carboxylic acids is 2. The normalized spacial score (nSPS) is 48.9. The molecule has 4 rings (SSSR count). The maximum Gasteiger partial charge on any atom is 0.302 e. The Kier molecular flexibility index (Phi) is 3.91. The van der Waals surface area contributed by atoms with Gasteiger partial charge in [-0.05, 0) is 55.8 Å². The molecule has 0 aromatic heterocycles. The summed E-state index contributed by atoms with van der Waals surface area (Å²) in [6.45, 7) is 5.88. The molecule has 1 N–H and O–H groups in total. The first-order valence-corrected chi connectivity index (χ1v) is 9.84. The van der Waals surface area contributed by atoms with Gasteiger partial charge in [-0.25, -0.2) is 0 Å².